The maximum atomic E-state index is 14.0. The second-order valence-corrected chi connectivity index (χ2v) is 12.5. The van der Waals surface area contributed by atoms with Crippen molar-refractivity contribution in [2.45, 2.75) is 38.0 Å². The van der Waals surface area contributed by atoms with Crippen LogP contribution in [0.4, 0.5) is 14.7 Å². The molecular weight excluding hydrogens is 659 g/mol. The number of aromatic nitrogens is 3. The number of carbonyl (C=O) groups excluding carboxylic acids is 1. The van der Waals surface area contributed by atoms with E-state index in [2.05, 4.69) is 15.3 Å². The molecule has 2 fully saturated rings. The van der Waals surface area contributed by atoms with Gasteiger partial charge in [0.1, 0.15) is 28.8 Å². The highest BCUT2D eigenvalue weighted by atomic mass is 35.5. The van der Waals surface area contributed by atoms with E-state index in [1.54, 1.807) is 33.2 Å². The van der Waals surface area contributed by atoms with Gasteiger partial charge in [0.05, 0.1) is 62.2 Å². The molecule has 2 aliphatic rings. The highest BCUT2D eigenvalue weighted by Crippen LogP contribution is 2.45. The summed E-state index contributed by atoms with van der Waals surface area (Å²) in [5.41, 5.74) is -0.714. The molecule has 2 saturated heterocycles. The number of alkyl halides is 2. The van der Waals surface area contributed by atoms with Crippen molar-refractivity contribution in [3.63, 3.8) is 0 Å². The Bertz CT molecular complexity index is 1820. The number of amides is 1. The molecule has 0 aliphatic carbocycles. The lowest BCUT2D eigenvalue weighted by Gasteiger charge is -2.47. The molecule has 47 heavy (non-hydrogen) atoms. The second-order valence-electron chi connectivity index (χ2n) is 11.8. The van der Waals surface area contributed by atoms with Gasteiger partial charge in [-0.05, 0) is 26.0 Å². The van der Waals surface area contributed by atoms with E-state index >= 15 is 0 Å². The molecule has 1 amide bonds. The van der Waals surface area contributed by atoms with E-state index in [-0.39, 0.29) is 70.6 Å². The number of pyridine rings is 1. The zero-order valence-corrected chi connectivity index (χ0v) is 27.9. The molecule has 1 aromatic carbocycles. The van der Waals surface area contributed by atoms with Crippen LogP contribution in [0.5, 0.6) is 11.5 Å². The van der Waals surface area contributed by atoms with E-state index in [1.165, 1.54) is 40.7 Å². The van der Waals surface area contributed by atoms with Gasteiger partial charge in [-0.2, -0.15) is 10.2 Å². The third-order valence-electron chi connectivity index (χ3n) is 8.21. The molecule has 1 N–H and O–H groups in total. The third-order valence-corrected chi connectivity index (χ3v) is 8.96. The summed E-state index contributed by atoms with van der Waals surface area (Å²) in [4.78, 5) is 38.8. The third kappa shape index (κ3) is 6.71. The van der Waals surface area contributed by atoms with Crippen molar-refractivity contribution < 1.29 is 27.8 Å². The summed E-state index contributed by atoms with van der Waals surface area (Å²) in [6.45, 7) is 3.12. The summed E-state index contributed by atoms with van der Waals surface area (Å²) in [5, 5.41) is 13.3. The van der Waals surface area contributed by atoms with Crippen LogP contribution in [-0.4, -0.2) is 102 Å². The fourth-order valence-corrected chi connectivity index (χ4v) is 6.19. The number of ether oxygens (including phenoxy) is 3. The summed E-state index contributed by atoms with van der Waals surface area (Å²) in [6, 6.07) is 5.04. The largest absolute Gasteiger partial charge is 0.495 e. The van der Waals surface area contributed by atoms with Crippen LogP contribution in [0.1, 0.15) is 13.8 Å². The normalized spacial score (nSPS) is 16.8. The second kappa shape index (κ2) is 13.2. The average molecular weight is 693 g/mol. The lowest BCUT2D eigenvalue weighted by atomic mass is 9.93. The molecule has 2 aliphatic heterocycles. The number of likely N-dealkylation sites (tertiary alicyclic amines) is 2. The highest BCUT2D eigenvalue weighted by Gasteiger charge is 2.49. The number of hydrogen-bond donors (Lipinski definition) is 1. The Kier molecular flexibility index (Phi) is 9.66. The van der Waals surface area contributed by atoms with E-state index in [0.717, 1.165) is 0 Å². The van der Waals surface area contributed by atoms with E-state index in [4.69, 9.17) is 37.4 Å². The van der Waals surface area contributed by atoms with E-state index in [1.807, 2.05) is 6.07 Å². The lowest BCUT2D eigenvalue weighted by Crippen LogP contribution is -2.63. The smallest absolute Gasteiger partial charge is 0.273 e. The zero-order valence-electron chi connectivity index (χ0n) is 26.4. The fraction of sp³-hybridized carbons (Fsp3) is 0.452. The number of rotatable bonds is 11. The number of hydrogen-bond acceptors (Lipinski definition) is 10. The van der Waals surface area contributed by atoms with Crippen LogP contribution < -0.4 is 20.3 Å². The fourth-order valence-electron chi connectivity index (χ4n) is 5.48. The molecule has 0 atom stereocenters. The summed E-state index contributed by atoms with van der Waals surface area (Å²) in [7, 11) is 4.53. The van der Waals surface area contributed by atoms with Crippen molar-refractivity contribution in [1.82, 2.24) is 24.3 Å². The van der Waals surface area contributed by atoms with Gasteiger partial charge >= 0.3 is 0 Å². The number of carbonyl (C=O) groups is 1. The van der Waals surface area contributed by atoms with Crippen molar-refractivity contribution >= 4 is 46.1 Å². The van der Waals surface area contributed by atoms with Gasteiger partial charge < -0.3 is 24.4 Å². The summed E-state index contributed by atoms with van der Waals surface area (Å²) >= 11 is 13.3. The number of fused-ring (bicyclic) bond motifs is 1. The molecule has 0 saturated carbocycles. The van der Waals surface area contributed by atoms with Gasteiger partial charge in [0.2, 0.25) is 5.95 Å². The number of halogens is 4. The minimum atomic E-state index is -2.77. The minimum absolute atomic E-state index is 0.0855. The summed E-state index contributed by atoms with van der Waals surface area (Å²) in [5.74, 6) is -2.43. The first-order valence-electron chi connectivity index (χ1n) is 14.6. The van der Waals surface area contributed by atoms with Crippen molar-refractivity contribution in [3.05, 3.63) is 50.4 Å². The molecule has 16 heteroatoms. The Morgan fingerprint density at radius 1 is 1.19 bits per heavy atom. The number of nitriles is 1. The van der Waals surface area contributed by atoms with E-state index in [9.17, 15) is 23.6 Å². The summed E-state index contributed by atoms with van der Waals surface area (Å²) in [6.07, 6.45) is 2.65. The molecule has 0 bridgehead atoms. The zero-order chi connectivity index (χ0) is 34.3. The Labute approximate surface area is 279 Å². The monoisotopic (exact) mass is 691 g/mol. The first-order chi connectivity index (χ1) is 22.2. The number of methoxy groups -OCH3 is 2. The highest BCUT2D eigenvalue weighted by molar-refractivity contribution is 6.41. The topological polar surface area (TPSA) is 135 Å². The van der Waals surface area contributed by atoms with Crippen molar-refractivity contribution in [2.24, 2.45) is 0 Å². The van der Waals surface area contributed by atoms with Gasteiger partial charge in [0.25, 0.3) is 17.4 Å². The van der Waals surface area contributed by atoms with Crippen molar-refractivity contribution in [2.75, 3.05) is 59.4 Å². The van der Waals surface area contributed by atoms with Crippen LogP contribution >= 0.6 is 23.2 Å². The maximum Gasteiger partial charge on any atom is 0.273 e. The number of nitrogens with one attached hydrogen (secondary N) is 1. The number of benzene rings is 1. The molecule has 3 aromatic rings. The molecular formula is C31H33Cl2F2N7O5. The minimum Gasteiger partial charge on any atom is -0.495 e. The number of anilines is 1. The maximum absolute atomic E-state index is 14.0. The van der Waals surface area contributed by atoms with Crippen LogP contribution in [-0.2, 0) is 16.1 Å². The Hall–Kier alpha value is -4.03. The molecule has 0 unspecified atom stereocenters. The Balaban J connectivity index is 1.33. The van der Waals surface area contributed by atoms with Crippen LogP contribution in [0.3, 0.4) is 0 Å². The molecule has 4 heterocycles. The van der Waals surface area contributed by atoms with Gasteiger partial charge in [-0.25, -0.2) is 13.8 Å². The lowest BCUT2D eigenvalue weighted by molar-refractivity contribution is -0.155. The van der Waals surface area contributed by atoms with Gasteiger partial charge in [0, 0.05) is 48.9 Å². The van der Waals surface area contributed by atoms with Crippen molar-refractivity contribution in [1.29, 1.82) is 5.26 Å². The van der Waals surface area contributed by atoms with Crippen LogP contribution in [0, 0.1) is 11.3 Å². The quantitative estimate of drug-likeness (QED) is 0.230. The van der Waals surface area contributed by atoms with Gasteiger partial charge in [-0.1, -0.05) is 23.2 Å². The first-order valence-corrected chi connectivity index (χ1v) is 15.3. The molecule has 0 radical (unpaired) electrons. The molecule has 12 nitrogen and oxygen atoms in total. The number of nitrogens with zero attached hydrogens (tertiary/aromatic N) is 6. The van der Waals surface area contributed by atoms with Crippen LogP contribution in [0.15, 0.2) is 34.8 Å². The van der Waals surface area contributed by atoms with Gasteiger partial charge in [0.15, 0.2) is 0 Å². The molecule has 2 aromatic heterocycles. The predicted octanol–water partition coefficient (Wildman–Crippen LogP) is 4.23. The van der Waals surface area contributed by atoms with Crippen LogP contribution in [0.25, 0.3) is 22.2 Å². The van der Waals surface area contributed by atoms with Gasteiger partial charge in [-0.3, -0.25) is 19.1 Å². The molecule has 0 spiro atoms. The van der Waals surface area contributed by atoms with E-state index in [0.29, 0.717) is 17.0 Å². The molecule has 5 rings (SSSR count). The SMILES string of the molecule is CNc1ncc2cc(-c3c(Cl)c(OC)cc(OC)c3Cl)c(=O)n(CCOC3CN(C(=O)C(C#N)=CC(C)(C)N4CC(F)(F)C4)C3)c2n1. The van der Waals surface area contributed by atoms with Crippen molar-refractivity contribution in [3.8, 4) is 28.7 Å². The predicted molar refractivity (Wildman–Crippen MR) is 173 cm³/mol. The standard InChI is InChI=1S/C31H33Cl2F2N7O5/c1-30(2,41-15-31(34,35)16-41)10-18(11-36)27(43)40-13-19(14-40)47-7-6-42-26-17(12-38-29(37-3)39-26)8-20(28(42)44)23-24(32)21(45-4)9-22(46-5)25(23)33/h8-10,12,19H,6-7,13-16H2,1-5H3,(H,37,38,39). The summed E-state index contributed by atoms with van der Waals surface area (Å²) < 4.78 is 45.0. The van der Waals surface area contributed by atoms with Gasteiger partial charge in [-0.15, -0.1) is 0 Å². The molecule has 250 valence electrons. The average Bonchev–Trinajstić information content (AvgIpc) is 3.00. The Morgan fingerprint density at radius 2 is 1.83 bits per heavy atom. The van der Waals surface area contributed by atoms with E-state index < -0.39 is 36.0 Å². The van der Waals surface area contributed by atoms with Crippen LogP contribution in [0.2, 0.25) is 10.0 Å². The Morgan fingerprint density at radius 3 is 2.38 bits per heavy atom. The first kappa shape index (κ1) is 34.3.